The number of H-pyrrole nitrogens is 1. The number of terminal acetylenes is 1. The van der Waals surface area contributed by atoms with Gasteiger partial charge >= 0.3 is 5.69 Å². The molecule has 1 saturated heterocycles. The molecule has 0 radical (unpaired) electrons. The number of aliphatic hydroxyl groups is 3. The monoisotopic (exact) mass is 310 g/mol. The van der Waals surface area contributed by atoms with E-state index in [2.05, 4.69) is 10.9 Å². The molecule has 0 spiro atoms. The number of hydrogen-bond acceptors (Lipinski definition) is 6. The maximum Gasteiger partial charge on any atom is 0.330 e. The van der Waals surface area contributed by atoms with Crippen LogP contribution in [0.15, 0.2) is 15.7 Å². The first-order valence-electron chi connectivity index (χ1n) is 6.73. The zero-order chi connectivity index (χ0) is 16.7. The molecule has 4 N–H and O–H groups in total. The highest BCUT2D eigenvalue weighted by molar-refractivity contribution is 5.20. The molecule has 2 rings (SSSR count). The van der Waals surface area contributed by atoms with Gasteiger partial charge in [-0.25, -0.2) is 4.79 Å². The van der Waals surface area contributed by atoms with Crippen molar-refractivity contribution in [2.75, 3.05) is 6.61 Å². The molecule has 0 bridgehead atoms. The average Bonchev–Trinajstić information content (AvgIpc) is 2.72. The maximum atomic E-state index is 12.0. The fourth-order valence-corrected chi connectivity index (χ4v) is 2.82. The van der Waals surface area contributed by atoms with Gasteiger partial charge in [-0.2, -0.15) is 0 Å². The third kappa shape index (κ3) is 2.38. The van der Waals surface area contributed by atoms with Crippen molar-refractivity contribution < 1.29 is 20.1 Å². The Labute approximate surface area is 126 Å². The first kappa shape index (κ1) is 16.5. The zero-order valence-electron chi connectivity index (χ0n) is 12.2. The normalized spacial score (nSPS) is 32.6. The molecule has 22 heavy (non-hydrogen) atoms. The third-order valence-electron chi connectivity index (χ3n) is 3.93. The number of nitrogens with one attached hydrogen (secondary N) is 1. The molecule has 5 atom stereocenters. The molecule has 1 aromatic heterocycles. The minimum atomic E-state index is -2.01. The summed E-state index contributed by atoms with van der Waals surface area (Å²) in [7, 11) is 0. The van der Waals surface area contributed by atoms with E-state index in [-0.39, 0.29) is 5.69 Å². The molecule has 0 saturated carbocycles. The largest absolute Gasteiger partial charge is 0.396 e. The van der Waals surface area contributed by atoms with Crippen molar-refractivity contribution >= 4 is 0 Å². The molecule has 1 aliphatic rings. The Morgan fingerprint density at radius 1 is 1.59 bits per heavy atom. The molecule has 0 aliphatic carbocycles. The summed E-state index contributed by atoms with van der Waals surface area (Å²) >= 11 is 0. The topological polar surface area (TPSA) is 125 Å². The number of ether oxygens (including phenoxy) is 1. The van der Waals surface area contributed by atoms with Crippen LogP contribution in [0.1, 0.15) is 18.8 Å². The highest BCUT2D eigenvalue weighted by atomic mass is 16.6. The second-order valence-corrected chi connectivity index (χ2v) is 5.40. The van der Waals surface area contributed by atoms with Gasteiger partial charge in [-0.05, 0) is 13.8 Å². The predicted molar refractivity (Wildman–Crippen MR) is 76.0 cm³/mol. The molecule has 120 valence electrons. The van der Waals surface area contributed by atoms with Gasteiger partial charge < -0.3 is 20.1 Å². The van der Waals surface area contributed by atoms with Crippen LogP contribution in [0.25, 0.3) is 0 Å². The smallest absolute Gasteiger partial charge is 0.330 e. The minimum Gasteiger partial charge on any atom is -0.396 e. The van der Waals surface area contributed by atoms with Crippen LogP contribution in [0.4, 0.5) is 0 Å². The van der Waals surface area contributed by atoms with Crippen molar-refractivity contribution in [2.24, 2.45) is 5.92 Å². The lowest BCUT2D eigenvalue weighted by Gasteiger charge is -2.29. The zero-order valence-corrected chi connectivity index (χ0v) is 12.2. The van der Waals surface area contributed by atoms with Gasteiger partial charge in [-0.3, -0.25) is 14.3 Å². The molecule has 2 heterocycles. The molecule has 8 heteroatoms. The van der Waals surface area contributed by atoms with Gasteiger partial charge in [0, 0.05) is 11.8 Å². The molecule has 1 fully saturated rings. The minimum absolute atomic E-state index is 0.232. The summed E-state index contributed by atoms with van der Waals surface area (Å²) in [5, 5.41) is 30.0. The van der Waals surface area contributed by atoms with Crippen molar-refractivity contribution in [3.63, 3.8) is 0 Å². The van der Waals surface area contributed by atoms with E-state index >= 15 is 0 Å². The summed E-state index contributed by atoms with van der Waals surface area (Å²) in [5.41, 5.74) is -3.17. The Bertz CT molecular complexity index is 715. The highest BCUT2D eigenvalue weighted by Gasteiger charge is 2.57. The van der Waals surface area contributed by atoms with Crippen LogP contribution in [-0.4, -0.2) is 49.3 Å². The van der Waals surface area contributed by atoms with E-state index in [1.165, 1.54) is 13.8 Å². The van der Waals surface area contributed by atoms with Gasteiger partial charge in [0.15, 0.2) is 11.8 Å². The lowest BCUT2D eigenvalue weighted by molar-refractivity contribution is -0.0891. The third-order valence-corrected chi connectivity index (χ3v) is 3.93. The number of aromatic amines is 1. The number of hydrogen-bond donors (Lipinski definition) is 4. The first-order chi connectivity index (χ1) is 10.3. The van der Waals surface area contributed by atoms with Gasteiger partial charge in [0.2, 0.25) is 0 Å². The summed E-state index contributed by atoms with van der Waals surface area (Å²) in [6, 6.07) is 1.16. The van der Waals surface area contributed by atoms with E-state index in [9.17, 15) is 24.9 Å². The van der Waals surface area contributed by atoms with Gasteiger partial charge in [-0.1, -0.05) is 5.92 Å². The SMILES string of the molecule is C#CC1(O)C(CO)[C@@H]([C@@H](C)O)O[C@H]1n1c(C)cc(=O)[nH]c1=O. The second-order valence-electron chi connectivity index (χ2n) is 5.40. The van der Waals surface area contributed by atoms with Gasteiger partial charge in [0.05, 0.1) is 24.7 Å². The summed E-state index contributed by atoms with van der Waals surface area (Å²) < 4.78 is 6.57. The molecule has 8 nitrogen and oxygen atoms in total. The summed E-state index contributed by atoms with van der Waals surface area (Å²) in [5.74, 6) is 1.17. The Morgan fingerprint density at radius 2 is 2.23 bits per heavy atom. The van der Waals surface area contributed by atoms with E-state index in [0.717, 1.165) is 10.6 Å². The van der Waals surface area contributed by atoms with Crippen LogP contribution in [-0.2, 0) is 4.74 Å². The number of aryl methyl sites for hydroxylation is 1. The lowest BCUT2D eigenvalue weighted by Crippen LogP contribution is -2.47. The van der Waals surface area contributed by atoms with Crippen LogP contribution < -0.4 is 11.2 Å². The average molecular weight is 310 g/mol. The molecule has 1 aliphatic heterocycles. The summed E-state index contributed by atoms with van der Waals surface area (Å²) in [6.45, 7) is 2.37. The summed E-state index contributed by atoms with van der Waals surface area (Å²) in [4.78, 5) is 25.4. The Hall–Kier alpha value is -1.92. The lowest BCUT2D eigenvalue weighted by atomic mass is 9.84. The van der Waals surface area contributed by atoms with Crippen LogP contribution in [0.2, 0.25) is 0 Å². The van der Waals surface area contributed by atoms with Crippen molar-refractivity contribution in [1.82, 2.24) is 9.55 Å². The Kier molecular flexibility index (Phi) is 4.26. The van der Waals surface area contributed by atoms with E-state index in [0.29, 0.717) is 0 Å². The Morgan fingerprint density at radius 3 is 2.68 bits per heavy atom. The fraction of sp³-hybridized carbons (Fsp3) is 0.571. The van der Waals surface area contributed by atoms with E-state index in [4.69, 9.17) is 11.2 Å². The quantitative estimate of drug-likeness (QED) is 0.483. The van der Waals surface area contributed by atoms with Gasteiger partial charge in [0.25, 0.3) is 5.56 Å². The maximum absolute atomic E-state index is 12.0. The van der Waals surface area contributed by atoms with Crippen LogP contribution in [0.3, 0.4) is 0 Å². The van der Waals surface area contributed by atoms with E-state index in [1.54, 1.807) is 0 Å². The van der Waals surface area contributed by atoms with Crippen molar-refractivity contribution in [3.05, 3.63) is 32.6 Å². The highest BCUT2D eigenvalue weighted by Crippen LogP contribution is 2.43. The summed E-state index contributed by atoms with van der Waals surface area (Å²) in [6.07, 6.45) is 2.07. The number of rotatable bonds is 3. The van der Waals surface area contributed by atoms with Gasteiger partial charge in [-0.15, -0.1) is 6.42 Å². The molecule has 1 aromatic rings. The number of aromatic nitrogens is 2. The number of nitrogens with zero attached hydrogens (tertiary/aromatic N) is 1. The van der Waals surface area contributed by atoms with Crippen LogP contribution >= 0.6 is 0 Å². The van der Waals surface area contributed by atoms with Crippen molar-refractivity contribution in [2.45, 2.75) is 37.9 Å². The molecular weight excluding hydrogens is 292 g/mol. The molecule has 0 amide bonds. The molecule has 2 unspecified atom stereocenters. The van der Waals surface area contributed by atoms with Crippen molar-refractivity contribution in [1.29, 1.82) is 0 Å². The van der Waals surface area contributed by atoms with Crippen LogP contribution in [0, 0.1) is 25.2 Å². The van der Waals surface area contributed by atoms with Crippen molar-refractivity contribution in [3.8, 4) is 12.3 Å². The van der Waals surface area contributed by atoms with E-state index in [1.807, 2.05) is 0 Å². The fourth-order valence-electron chi connectivity index (χ4n) is 2.82. The van der Waals surface area contributed by atoms with Gasteiger partial charge in [0.1, 0.15) is 0 Å². The molecular formula is C14H18N2O6. The standard InChI is InChI=1S/C14H18N2O6/c1-4-14(21)9(6-17)11(8(3)18)22-12(14)16-7(2)5-10(19)15-13(16)20/h1,5,8-9,11-12,17-18,21H,6H2,2-3H3,(H,15,19,20)/t8-,9?,11-,12-,14?/m1/s1. The second kappa shape index (κ2) is 5.70. The molecule has 0 aromatic carbocycles. The Balaban J connectivity index is 2.63. The predicted octanol–water partition coefficient (Wildman–Crippen LogP) is -1.90. The first-order valence-corrected chi connectivity index (χ1v) is 6.73. The van der Waals surface area contributed by atoms with E-state index < -0.39 is 47.8 Å². The van der Waals surface area contributed by atoms with Crippen LogP contribution in [0.5, 0.6) is 0 Å². The number of aliphatic hydroxyl groups excluding tert-OH is 2.